The molecule has 0 amide bonds. The fourth-order valence-electron chi connectivity index (χ4n) is 1.11. The molecule has 1 unspecified atom stereocenters. The van der Waals surface area contributed by atoms with Gasteiger partial charge in [0.1, 0.15) is 0 Å². The molecule has 0 aliphatic heterocycles. The van der Waals surface area contributed by atoms with Crippen LogP contribution in [0.15, 0.2) is 0 Å². The summed E-state index contributed by atoms with van der Waals surface area (Å²) >= 11 is 0. The normalized spacial score (nSPS) is 14.2. The summed E-state index contributed by atoms with van der Waals surface area (Å²) in [5.41, 5.74) is 0. The lowest BCUT2D eigenvalue weighted by molar-refractivity contribution is 0.0961. The monoisotopic (exact) mass is 180 g/mol. The topological polar surface area (TPSA) is 15.3 Å². The summed E-state index contributed by atoms with van der Waals surface area (Å²) < 4.78 is 23.8. The number of hydrogen-bond acceptors (Lipinski definition) is 2. The van der Waals surface area contributed by atoms with Crippen LogP contribution in [-0.2, 0) is 0 Å². The lowest BCUT2D eigenvalue weighted by atomic mass is 10.2. The molecule has 12 heavy (non-hydrogen) atoms. The zero-order valence-corrected chi connectivity index (χ0v) is 7.98. The van der Waals surface area contributed by atoms with Crippen LogP contribution in [-0.4, -0.2) is 44.6 Å². The Kier molecular flexibility index (Phi) is 6.20. The van der Waals surface area contributed by atoms with Crippen LogP contribution in [0.1, 0.15) is 13.3 Å². The first-order chi connectivity index (χ1) is 5.60. The zero-order valence-electron chi connectivity index (χ0n) is 7.98. The van der Waals surface area contributed by atoms with E-state index in [1.807, 2.05) is 14.0 Å². The number of halogens is 2. The molecule has 0 aromatic heterocycles. The second kappa shape index (κ2) is 6.31. The molecule has 0 saturated carbocycles. The Hall–Kier alpha value is -0.220. The van der Waals surface area contributed by atoms with Crippen LogP contribution in [0, 0.1) is 0 Å². The highest BCUT2D eigenvalue weighted by atomic mass is 19.3. The van der Waals surface area contributed by atoms with Crippen molar-refractivity contribution in [3.8, 4) is 0 Å². The second-order valence-corrected chi connectivity index (χ2v) is 3.01. The molecule has 0 bridgehead atoms. The van der Waals surface area contributed by atoms with Gasteiger partial charge < -0.3 is 5.32 Å². The van der Waals surface area contributed by atoms with Crippen LogP contribution in [0.2, 0.25) is 0 Å². The van der Waals surface area contributed by atoms with Crippen LogP contribution in [0.3, 0.4) is 0 Å². The third-order valence-corrected chi connectivity index (χ3v) is 1.88. The van der Waals surface area contributed by atoms with Crippen LogP contribution in [0.4, 0.5) is 8.78 Å². The van der Waals surface area contributed by atoms with Gasteiger partial charge in [-0.1, -0.05) is 6.92 Å². The molecule has 0 aliphatic carbocycles. The minimum atomic E-state index is -2.23. The van der Waals surface area contributed by atoms with Crippen molar-refractivity contribution in [2.75, 3.05) is 27.2 Å². The number of nitrogens with zero attached hydrogens (tertiary/aromatic N) is 1. The largest absolute Gasteiger partial charge is 0.316 e. The lowest BCUT2D eigenvalue weighted by Gasteiger charge is -2.22. The number of hydrogen-bond donors (Lipinski definition) is 1. The highest BCUT2D eigenvalue weighted by Crippen LogP contribution is 1.98. The Morgan fingerprint density at radius 2 is 1.92 bits per heavy atom. The first-order valence-corrected chi connectivity index (χ1v) is 4.24. The average molecular weight is 180 g/mol. The number of alkyl halides is 2. The van der Waals surface area contributed by atoms with Crippen molar-refractivity contribution in [2.45, 2.75) is 25.8 Å². The van der Waals surface area contributed by atoms with E-state index in [-0.39, 0.29) is 6.54 Å². The summed E-state index contributed by atoms with van der Waals surface area (Å²) in [6, 6.07) is 0.314. The van der Waals surface area contributed by atoms with Crippen LogP contribution < -0.4 is 5.32 Å². The van der Waals surface area contributed by atoms with E-state index in [9.17, 15) is 8.78 Å². The van der Waals surface area contributed by atoms with E-state index < -0.39 is 6.43 Å². The van der Waals surface area contributed by atoms with Gasteiger partial charge in [-0.2, -0.15) is 0 Å². The van der Waals surface area contributed by atoms with Gasteiger partial charge in [0.05, 0.1) is 6.54 Å². The van der Waals surface area contributed by atoms with Crippen molar-refractivity contribution in [2.24, 2.45) is 0 Å². The highest BCUT2D eigenvalue weighted by Gasteiger charge is 2.11. The Morgan fingerprint density at radius 1 is 1.33 bits per heavy atom. The molecule has 0 saturated heterocycles. The summed E-state index contributed by atoms with van der Waals surface area (Å²) in [4.78, 5) is 1.65. The van der Waals surface area contributed by atoms with E-state index in [1.165, 1.54) is 0 Å². The summed E-state index contributed by atoms with van der Waals surface area (Å²) in [6.45, 7) is 2.58. The molecule has 1 atom stereocenters. The lowest BCUT2D eigenvalue weighted by Crippen LogP contribution is -2.38. The van der Waals surface area contributed by atoms with Gasteiger partial charge in [-0.25, -0.2) is 8.78 Å². The van der Waals surface area contributed by atoms with Gasteiger partial charge in [0.15, 0.2) is 0 Å². The van der Waals surface area contributed by atoms with Crippen LogP contribution >= 0.6 is 0 Å². The molecule has 4 heteroatoms. The average Bonchev–Trinajstić information content (AvgIpc) is 1.98. The summed E-state index contributed by atoms with van der Waals surface area (Å²) in [5.74, 6) is 0. The predicted molar refractivity (Wildman–Crippen MR) is 46.6 cm³/mol. The van der Waals surface area contributed by atoms with E-state index in [0.717, 1.165) is 6.42 Å². The minimum Gasteiger partial charge on any atom is -0.316 e. The van der Waals surface area contributed by atoms with Gasteiger partial charge in [0, 0.05) is 12.6 Å². The third-order valence-electron chi connectivity index (χ3n) is 1.88. The molecule has 74 valence electrons. The number of rotatable bonds is 6. The van der Waals surface area contributed by atoms with Crippen molar-refractivity contribution in [1.82, 2.24) is 10.2 Å². The first kappa shape index (κ1) is 11.8. The maximum Gasteiger partial charge on any atom is 0.251 e. The van der Waals surface area contributed by atoms with Gasteiger partial charge in [0.2, 0.25) is 0 Å². The standard InChI is InChI=1S/C8H18F2N2/c1-4-7(11-2)5-12(3)6-8(9)10/h7-8,11H,4-6H2,1-3H3. The predicted octanol–water partition coefficient (Wildman–Crippen LogP) is 1.18. The van der Waals surface area contributed by atoms with Crippen molar-refractivity contribution in [1.29, 1.82) is 0 Å². The molecule has 0 radical (unpaired) electrons. The fourth-order valence-corrected chi connectivity index (χ4v) is 1.11. The van der Waals surface area contributed by atoms with E-state index in [0.29, 0.717) is 12.6 Å². The van der Waals surface area contributed by atoms with Gasteiger partial charge in [-0.05, 0) is 20.5 Å². The Labute approximate surface area is 72.9 Å². The van der Waals surface area contributed by atoms with E-state index in [2.05, 4.69) is 5.32 Å². The summed E-state index contributed by atoms with van der Waals surface area (Å²) in [5, 5.41) is 3.07. The molecule has 2 nitrogen and oxygen atoms in total. The highest BCUT2D eigenvalue weighted by molar-refractivity contribution is 4.66. The molecule has 0 aromatic carbocycles. The first-order valence-electron chi connectivity index (χ1n) is 4.24. The third kappa shape index (κ3) is 5.43. The minimum absolute atomic E-state index is 0.141. The zero-order chi connectivity index (χ0) is 9.56. The van der Waals surface area contributed by atoms with E-state index in [1.54, 1.807) is 11.9 Å². The van der Waals surface area contributed by atoms with Crippen molar-refractivity contribution in [3.05, 3.63) is 0 Å². The van der Waals surface area contributed by atoms with Crippen LogP contribution in [0.25, 0.3) is 0 Å². The smallest absolute Gasteiger partial charge is 0.251 e. The molecule has 0 fully saturated rings. The molecule has 1 N–H and O–H groups in total. The molecule has 0 heterocycles. The van der Waals surface area contributed by atoms with Gasteiger partial charge in [0.25, 0.3) is 6.43 Å². The quantitative estimate of drug-likeness (QED) is 0.660. The summed E-state index contributed by atoms with van der Waals surface area (Å²) in [7, 11) is 3.57. The van der Waals surface area contributed by atoms with Gasteiger partial charge >= 0.3 is 0 Å². The second-order valence-electron chi connectivity index (χ2n) is 3.01. The van der Waals surface area contributed by atoms with E-state index >= 15 is 0 Å². The van der Waals surface area contributed by atoms with Crippen molar-refractivity contribution < 1.29 is 8.78 Å². The van der Waals surface area contributed by atoms with Crippen molar-refractivity contribution in [3.63, 3.8) is 0 Å². The molecule has 0 aliphatic rings. The Balaban J connectivity index is 3.58. The molecule has 0 spiro atoms. The maximum atomic E-state index is 11.9. The van der Waals surface area contributed by atoms with Crippen molar-refractivity contribution >= 4 is 0 Å². The summed E-state index contributed by atoms with van der Waals surface area (Å²) in [6.07, 6.45) is -1.27. The van der Waals surface area contributed by atoms with Gasteiger partial charge in [-0.3, -0.25) is 4.90 Å². The van der Waals surface area contributed by atoms with Crippen LogP contribution in [0.5, 0.6) is 0 Å². The Bertz CT molecular complexity index is 105. The molecule has 0 rings (SSSR count). The fraction of sp³-hybridized carbons (Fsp3) is 1.00. The van der Waals surface area contributed by atoms with Gasteiger partial charge in [-0.15, -0.1) is 0 Å². The SMILES string of the molecule is CCC(CN(C)CC(F)F)NC. The number of nitrogens with one attached hydrogen (secondary N) is 1. The molecular weight excluding hydrogens is 162 g/mol. The Morgan fingerprint density at radius 3 is 2.25 bits per heavy atom. The van der Waals surface area contributed by atoms with E-state index in [4.69, 9.17) is 0 Å². The molecular formula is C8H18F2N2. The number of likely N-dealkylation sites (N-methyl/N-ethyl adjacent to an activating group) is 2. The maximum absolute atomic E-state index is 11.9. The molecule has 0 aromatic rings.